The fraction of sp³-hybridized carbons (Fsp3) is 0.364. The third-order valence-corrected chi connectivity index (χ3v) is 2.18. The second-order valence-corrected chi connectivity index (χ2v) is 3.27. The van der Waals surface area contributed by atoms with E-state index in [1.54, 1.807) is 0 Å². The summed E-state index contributed by atoms with van der Waals surface area (Å²) in [5.74, 6) is 1.14. The fourth-order valence-electron chi connectivity index (χ4n) is 1.49. The van der Waals surface area contributed by atoms with Crippen LogP contribution in [0.1, 0.15) is 12.0 Å². The lowest BCUT2D eigenvalue weighted by Crippen LogP contribution is -2.30. The van der Waals surface area contributed by atoms with E-state index < -0.39 is 0 Å². The van der Waals surface area contributed by atoms with E-state index in [4.69, 9.17) is 0 Å². The normalized spacial score (nSPS) is 16.2. The van der Waals surface area contributed by atoms with Crippen molar-refractivity contribution in [1.82, 2.24) is 5.32 Å². The molecule has 0 atom stereocenters. The van der Waals surface area contributed by atoms with Crippen LogP contribution in [0.4, 0.5) is 0 Å². The number of hydrogen-bond acceptors (Lipinski definition) is 2. The second-order valence-electron chi connectivity index (χ2n) is 3.27. The summed E-state index contributed by atoms with van der Waals surface area (Å²) in [5.41, 5.74) is 1.33. The first kappa shape index (κ1) is 8.30. The molecule has 0 aromatic heterocycles. The lowest BCUT2D eigenvalue weighted by atomic mass is 10.1. The summed E-state index contributed by atoms with van der Waals surface area (Å²) in [6.45, 7) is 2.06. The number of aliphatic imine (C=N–C) groups is 1. The van der Waals surface area contributed by atoms with Gasteiger partial charge in [-0.1, -0.05) is 30.3 Å². The molecule has 1 aliphatic heterocycles. The molecular weight excluding hydrogens is 160 g/mol. The first-order chi connectivity index (χ1) is 6.45. The predicted octanol–water partition coefficient (Wildman–Crippen LogP) is 1.62. The molecule has 1 aromatic carbocycles. The summed E-state index contributed by atoms with van der Waals surface area (Å²) in [6.07, 6.45) is 2.11. The van der Waals surface area contributed by atoms with Crippen molar-refractivity contribution in [3.05, 3.63) is 35.9 Å². The number of nitrogens with zero attached hydrogens (tertiary/aromatic N) is 1. The highest BCUT2D eigenvalue weighted by Crippen LogP contribution is 2.01. The molecule has 0 saturated carbocycles. The SMILES string of the molecule is c1ccc(CC2=NCCCN2)cc1. The van der Waals surface area contributed by atoms with Crippen LogP contribution in [0.5, 0.6) is 0 Å². The van der Waals surface area contributed by atoms with E-state index in [1.807, 2.05) is 6.07 Å². The van der Waals surface area contributed by atoms with Gasteiger partial charge in [0.2, 0.25) is 0 Å². The smallest absolute Gasteiger partial charge is 0.101 e. The Morgan fingerprint density at radius 2 is 2.08 bits per heavy atom. The molecule has 0 aliphatic carbocycles. The third kappa shape index (κ3) is 2.31. The lowest BCUT2D eigenvalue weighted by molar-refractivity contribution is 0.731. The molecule has 2 rings (SSSR count). The maximum Gasteiger partial charge on any atom is 0.101 e. The zero-order valence-electron chi connectivity index (χ0n) is 7.66. The quantitative estimate of drug-likeness (QED) is 0.724. The van der Waals surface area contributed by atoms with Gasteiger partial charge in [0.1, 0.15) is 5.84 Å². The highest BCUT2D eigenvalue weighted by molar-refractivity contribution is 5.84. The van der Waals surface area contributed by atoms with E-state index in [1.165, 1.54) is 5.56 Å². The maximum atomic E-state index is 4.43. The van der Waals surface area contributed by atoms with Gasteiger partial charge in [0.05, 0.1) is 0 Å². The van der Waals surface area contributed by atoms with Crippen LogP contribution < -0.4 is 5.32 Å². The molecule has 1 heterocycles. The number of rotatable bonds is 2. The molecule has 2 nitrogen and oxygen atoms in total. The Hall–Kier alpha value is -1.31. The van der Waals surface area contributed by atoms with Gasteiger partial charge in [-0.25, -0.2) is 0 Å². The van der Waals surface area contributed by atoms with Gasteiger partial charge in [-0.05, 0) is 12.0 Å². The van der Waals surface area contributed by atoms with Crippen molar-refractivity contribution in [1.29, 1.82) is 0 Å². The molecule has 68 valence electrons. The van der Waals surface area contributed by atoms with Gasteiger partial charge in [0, 0.05) is 19.5 Å². The zero-order valence-corrected chi connectivity index (χ0v) is 7.66. The van der Waals surface area contributed by atoms with Gasteiger partial charge in [0.25, 0.3) is 0 Å². The Labute approximate surface area is 78.7 Å². The molecule has 0 saturated heterocycles. The summed E-state index contributed by atoms with van der Waals surface area (Å²) in [6, 6.07) is 10.5. The van der Waals surface area contributed by atoms with Crippen LogP contribution in [0.15, 0.2) is 35.3 Å². The van der Waals surface area contributed by atoms with Gasteiger partial charge in [-0.3, -0.25) is 4.99 Å². The van der Waals surface area contributed by atoms with E-state index in [0.717, 1.165) is 31.8 Å². The molecule has 0 spiro atoms. The van der Waals surface area contributed by atoms with E-state index in [9.17, 15) is 0 Å². The van der Waals surface area contributed by atoms with Crippen LogP contribution in [0.25, 0.3) is 0 Å². The van der Waals surface area contributed by atoms with E-state index in [-0.39, 0.29) is 0 Å². The summed E-state index contributed by atoms with van der Waals surface area (Å²) in [4.78, 5) is 4.43. The molecule has 1 N–H and O–H groups in total. The van der Waals surface area contributed by atoms with Gasteiger partial charge in [0.15, 0.2) is 0 Å². The number of hydrogen-bond donors (Lipinski definition) is 1. The van der Waals surface area contributed by atoms with Gasteiger partial charge in [-0.2, -0.15) is 0 Å². The minimum absolute atomic E-state index is 0.945. The first-order valence-corrected chi connectivity index (χ1v) is 4.76. The summed E-state index contributed by atoms with van der Waals surface area (Å²) in [7, 11) is 0. The summed E-state index contributed by atoms with van der Waals surface area (Å²) >= 11 is 0. The Bertz CT molecular complexity index is 290. The largest absolute Gasteiger partial charge is 0.373 e. The van der Waals surface area contributed by atoms with E-state index in [2.05, 4.69) is 34.6 Å². The molecular formula is C11H14N2. The first-order valence-electron chi connectivity index (χ1n) is 4.76. The number of amidine groups is 1. The average Bonchev–Trinajstić information content (AvgIpc) is 2.21. The van der Waals surface area contributed by atoms with Crippen molar-refractivity contribution in [2.45, 2.75) is 12.8 Å². The Morgan fingerprint density at radius 3 is 2.77 bits per heavy atom. The van der Waals surface area contributed by atoms with Gasteiger partial charge in [-0.15, -0.1) is 0 Å². The van der Waals surface area contributed by atoms with Crippen molar-refractivity contribution < 1.29 is 0 Å². The molecule has 1 aromatic rings. The molecule has 0 bridgehead atoms. The summed E-state index contributed by atoms with van der Waals surface area (Å²) in [5, 5.41) is 3.32. The summed E-state index contributed by atoms with van der Waals surface area (Å²) < 4.78 is 0. The van der Waals surface area contributed by atoms with Gasteiger partial charge < -0.3 is 5.32 Å². The Morgan fingerprint density at radius 1 is 1.23 bits per heavy atom. The van der Waals surface area contributed by atoms with Crippen molar-refractivity contribution in [2.75, 3.05) is 13.1 Å². The molecule has 0 amide bonds. The van der Waals surface area contributed by atoms with Gasteiger partial charge >= 0.3 is 0 Å². The van der Waals surface area contributed by atoms with Crippen LogP contribution in [0.2, 0.25) is 0 Å². The van der Waals surface area contributed by atoms with Crippen LogP contribution >= 0.6 is 0 Å². The highest BCUT2D eigenvalue weighted by Gasteiger charge is 2.03. The predicted molar refractivity (Wildman–Crippen MR) is 55.1 cm³/mol. The van der Waals surface area contributed by atoms with Crippen molar-refractivity contribution >= 4 is 5.84 Å². The molecule has 2 heteroatoms. The fourth-order valence-corrected chi connectivity index (χ4v) is 1.49. The van der Waals surface area contributed by atoms with E-state index >= 15 is 0 Å². The van der Waals surface area contributed by atoms with E-state index in [0.29, 0.717) is 0 Å². The van der Waals surface area contributed by atoms with Crippen LogP contribution in [0, 0.1) is 0 Å². The minimum Gasteiger partial charge on any atom is -0.373 e. The standard InChI is InChI=1S/C11H14N2/c1-2-5-10(6-3-1)9-11-12-7-4-8-13-11/h1-3,5-6H,4,7-9H2,(H,12,13). The topological polar surface area (TPSA) is 24.4 Å². The van der Waals surface area contributed by atoms with Crippen LogP contribution in [-0.2, 0) is 6.42 Å². The molecule has 1 aliphatic rings. The van der Waals surface area contributed by atoms with Crippen molar-refractivity contribution in [3.63, 3.8) is 0 Å². The molecule has 13 heavy (non-hydrogen) atoms. The lowest BCUT2D eigenvalue weighted by Gasteiger charge is -2.14. The molecule has 0 radical (unpaired) electrons. The third-order valence-electron chi connectivity index (χ3n) is 2.18. The van der Waals surface area contributed by atoms with Crippen LogP contribution in [-0.4, -0.2) is 18.9 Å². The molecule has 0 unspecified atom stereocenters. The maximum absolute atomic E-state index is 4.43. The number of nitrogens with one attached hydrogen (secondary N) is 1. The Kier molecular flexibility index (Phi) is 2.60. The number of benzene rings is 1. The Balaban J connectivity index is 2.01. The zero-order chi connectivity index (χ0) is 8.93. The monoisotopic (exact) mass is 174 g/mol. The minimum atomic E-state index is 0.945. The van der Waals surface area contributed by atoms with Crippen molar-refractivity contribution in [2.24, 2.45) is 4.99 Å². The highest BCUT2D eigenvalue weighted by atomic mass is 15.0. The van der Waals surface area contributed by atoms with Crippen molar-refractivity contribution in [3.8, 4) is 0 Å². The average molecular weight is 174 g/mol. The molecule has 0 fully saturated rings. The second kappa shape index (κ2) is 4.08. The van der Waals surface area contributed by atoms with Crippen LogP contribution in [0.3, 0.4) is 0 Å².